The van der Waals surface area contributed by atoms with Gasteiger partial charge in [0.05, 0.1) is 12.3 Å². The lowest BCUT2D eigenvalue weighted by atomic mass is 9.99. The molecule has 1 aromatic carbocycles. The molecular formula is C17H21N5O. The van der Waals surface area contributed by atoms with E-state index in [1.807, 2.05) is 12.1 Å². The molecule has 2 aromatic rings. The molecule has 0 amide bonds. The predicted molar refractivity (Wildman–Crippen MR) is 87.4 cm³/mol. The van der Waals surface area contributed by atoms with Gasteiger partial charge in [-0.2, -0.15) is 5.26 Å². The third-order valence-electron chi connectivity index (χ3n) is 4.39. The van der Waals surface area contributed by atoms with E-state index in [-0.39, 0.29) is 0 Å². The molecule has 0 aliphatic carbocycles. The average molecular weight is 311 g/mol. The summed E-state index contributed by atoms with van der Waals surface area (Å²) in [7, 11) is 1.60. The van der Waals surface area contributed by atoms with Crippen LogP contribution in [0.3, 0.4) is 0 Å². The van der Waals surface area contributed by atoms with E-state index in [2.05, 4.69) is 40.3 Å². The third-order valence-corrected chi connectivity index (χ3v) is 4.39. The number of aromatic nitrogens is 3. The second-order valence-corrected chi connectivity index (χ2v) is 6.03. The van der Waals surface area contributed by atoms with E-state index in [9.17, 15) is 0 Å². The Morgan fingerprint density at radius 3 is 2.48 bits per heavy atom. The summed E-state index contributed by atoms with van der Waals surface area (Å²) in [5.41, 5.74) is 3.10. The Bertz CT molecular complexity index is 693. The summed E-state index contributed by atoms with van der Waals surface area (Å²) in [6, 6.07) is 10.3. The molecule has 0 N–H and O–H groups in total. The number of benzene rings is 1. The van der Waals surface area contributed by atoms with Crippen LogP contribution in [-0.2, 0) is 11.3 Å². The molecule has 0 bridgehead atoms. The molecule has 1 saturated heterocycles. The molecule has 0 saturated carbocycles. The zero-order chi connectivity index (χ0) is 16.2. The molecule has 0 radical (unpaired) electrons. The quantitative estimate of drug-likeness (QED) is 0.868. The van der Waals surface area contributed by atoms with Crippen molar-refractivity contribution in [3.63, 3.8) is 0 Å². The SMILES string of the molecule is COCc1c(C#N)nnn1-c1ccc(N2CCC(C)CC2)cc1. The standard InChI is InChI=1S/C17H21N5O/c1-13-7-9-21(10-8-13)14-3-5-15(6-4-14)22-17(12-23-2)16(11-18)19-20-22/h3-6,13H,7-10,12H2,1-2H3. The van der Waals surface area contributed by atoms with Gasteiger partial charge in [-0.15, -0.1) is 5.10 Å². The van der Waals surface area contributed by atoms with Crippen LogP contribution in [0.25, 0.3) is 5.69 Å². The molecule has 23 heavy (non-hydrogen) atoms. The maximum atomic E-state index is 9.11. The van der Waals surface area contributed by atoms with E-state index < -0.39 is 0 Å². The van der Waals surface area contributed by atoms with E-state index >= 15 is 0 Å². The summed E-state index contributed by atoms with van der Waals surface area (Å²) < 4.78 is 6.83. The lowest BCUT2D eigenvalue weighted by molar-refractivity contribution is 0.179. The molecule has 6 heteroatoms. The number of nitrogens with zero attached hydrogens (tertiary/aromatic N) is 5. The van der Waals surface area contributed by atoms with Gasteiger partial charge in [-0.25, -0.2) is 4.68 Å². The fraction of sp³-hybridized carbons (Fsp3) is 0.471. The average Bonchev–Trinajstić information content (AvgIpc) is 2.99. The highest BCUT2D eigenvalue weighted by molar-refractivity contribution is 5.51. The lowest BCUT2D eigenvalue weighted by Crippen LogP contribution is -2.32. The van der Waals surface area contributed by atoms with Crippen molar-refractivity contribution in [3.05, 3.63) is 35.7 Å². The van der Waals surface area contributed by atoms with Crippen molar-refractivity contribution in [1.82, 2.24) is 15.0 Å². The number of piperidine rings is 1. The largest absolute Gasteiger partial charge is 0.378 e. The van der Waals surface area contributed by atoms with Gasteiger partial charge >= 0.3 is 0 Å². The van der Waals surface area contributed by atoms with E-state index in [4.69, 9.17) is 10.00 Å². The predicted octanol–water partition coefficient (Wildman–Crippen LogP) is 2.52. The summed E-state index contributed by atoms with van der Waals surface area (Å²) in [6.45, 7) is 4.84. The number of hydrogen-bond acceptors (Lipinski definition) is 5. The topological polar surface area (TPSA) is 67.0 Å². The summed E-state index contributed by atoms with van der Waals surface area (Å²) in [5, 5.41) is 17.1. The minimum Gasteiger partial charge on any atom is -0.378 e. The van der Waals surface area contributed by atoms with Crippen LogP contribution in [-0.4, -0.2) is 35.2 Å². The summed E-state index contributed by atoms with van der Waals surface area (Å²) in [4.78, 5) is 2.42. The van der Waals surface area contributed by atoms with Gasteiger partial charge in [0.15, 0.2) is 5.69 Å². The van der Waals surface area contributed by atoms with Gasteiger partial charge in [0.25, 0.3) is 0 Å². The van der Waals surface area contributed by atoms with Gasteiger partial charge in [0, 0.05) is 25.9 Å². The van der Waals surface area contributed by atoms with Crippen LogP contribution in [0.4, 0.5) is 5.69 Å². The van der Waals surface area contributed by atoms with Crippen LogP contribution in [0.2, 0.25) is 0 Å². The van der Waals surface area contributed by atoms with Gasteiger partial charge in [-0.3, -0.25) is 0 Å². The molecule has 3 rings (SSSR count). The first kappa shape index (κ1) is 15.5. The summed E-state index contributed by atoms with van der Waals surface area (Å²) >= 11 is 0. The number of methoxy groups -OCH3 is 1. The van der Waals surface area contributed by atoms with Crippen LogP contribution in [0.5, 0.6) is 0 Å². The number of anilines is 1. The zero-order valence-corrected chi connectivity index (χ0v) is 13.6. The number of rotatable bonds is 4. The van der Waals surface area contributed by atoms with E-state index in [0.29, 0.717) is 18.0 Å². The zero-order valence-electron chi connectivity index (χ0n) is 13.6. The lowest BCUT2D eigenvalue weighted by Gasteiger charge is -2.32. The van der Waals surface area contributed by atoms with Crippen LogP contribution >= 0.6 is 0 Å². The Balaban J connectivity index is 1.83. The van der Waals surface area contributed by atoms with E-state index in [1.54, 1.807) is 11.8 Å². The molecule has 120 valence electrons. The van der Waals surface area contributed by atoms with Crippen molar-refractivity contribution < 1.29 is 4.74 Å². The Hall–Kier alpha value is -2.39. The minimum absolute atomic E-state index is 0.306. The highest BCUT2D eigenvalue weighted by atomic mass is 16.5. The highest BCUT2D eigenvalue weighted by Crippen LogP contribution is 2.24. The monoisotopic (exact) mass is 311 g/mol. The normalized spacial score (nSPS) is 15.6. The maximum Gasteiger partial charge on any atom is 0.188 e. The van der Waals surface area contributed by atoms with Crippen LogP contribution in [0, 0.1) is 17.2 Å². The number of nitriles is 1. The molecule has 1 aliphatic heterocycles. The van der Waals surface area contributed by atoms with Crippen LogP contribution in [0.1, 0.15) is 31.2 Å². The maximum absolute atomic E-state index is 9.11. The summed E-state index contributed by atoms with van der Waals surface area (Å²) in [5.74, 6) is 0.821. The first-order valence-electron chi connectivity index (χ1n) is 7.92. The number of ether oxygens (including phenoxy) is 1. The van der Waals surface area contributed by atoms with Crippen molar-refractivity contribution in [2.45, 2.75) is 26.4 Å². The van der Waals surface area contributed by atoms with Crippen molar-refractivity contribution >= 4 is 5.69 Å². The first-order chi connectivity index (χ1) is 11.2. The van der Waals surface area contributed by atoms with Gasteiger partial charge in [-0.05, 0) is 43.0 Å². The molecule has 1 fully saturated rings. The van der Waals surface area contributed by atoms with Gasteiger partial charge in [-0.1, -0.05) is 12.1 Å². The first-order valence-corrected chi connectivity index (χ1v) is 7.92. The number of hydrogen-bond donors (Lipinski definition) is 0. The van der Waals surface area contributed by atoms with Crippen LogP contribution in [0.15, 0.2) is 24.3 Å². The van der Waals surface area contributed by atoms with Crippen molar-refractivity contribution in [2.75, 3.05) is 25.1 Å². The van der Waals surface area contributed by atoms with Gasteiger partial charge in [0.2, 0.25) is 0 Å². The molecule has 1 aromatic heterocycles. The van der Waals surface area contributed by atoms with E-state index in [0.717, 1.165) is 24.7 Å². The third kappa shape index (κ3) is 3.20. The molecule has 6 nitrogen and oxygen atoms in total. The second kappa shape index (κ2) is 6.80. The Kier molecular flexibility index (Phi) is 4.58. The van der Waals surface area contributed by atoms with Crippen molar-refractivity contribution in [1.29, 1.82) is 5.26 Å². The van der Waals surface area contributed by atoms with Crippen molar-refractivity contribution in [2.24, 2.45) is 5.92 Å². The van der Waals surface area contributed by atoms with Gasteiger partial charge < -0.3 is 9.64 Å². The smallest absolute Gasteiger partial charge is 0.188 e. The van der Waals surface area contributed by atoms with E-state index in [1.165, 1.54) is 18.5 Å². The Morgan fingerprint density at radius 1 is 1.22 bits per heavy atom. The summed E-state index contributed by atoms with van der Waals surface area (Å²) in [6.07, 6.45) is 2.49. The molecule has 2 heterocycles. The molecule has 0 atom stereocenters. The van der Waals surface area contributed by atoms with Crippen molar-refractivity contribution in [3.8, 4) is 11.8 Å². The fourth-order valence-electron chi connectivity index (χ4n) is 2.93. The highest BCUT2D eigenvalue weighted by Gasteiger charge is 2.17. The molecule has 1 aliphatic rings. The molecule has 0 spiro atoms. The fourth-order valence-corrected chi connectivity index (χ4v) is 2.93. The molecule has 0 unspecified atom stereocenters. The minimum atomic E-state index is 0.306. The Morgan fingerprint density at radius 2 is 1.87 bits per heavy atom. The van der Waals surface area contributed by atoms with Crippen LogP contribution < -0.4 is 4.90 Å². The van der Waals surface area contributed by atoms with Gasteiger partial charge in [0.1, 0.15) is 11.8 Å². The Labute approximate surface area is 136 Å². The second-order valence-electron chi connectivity index (χ2n) is 6.03. The molecular weight excluding hydrogens is 290 g/mol.